The van der Waals surface area contributed by atoms with Gasteiger partial charge in [0, 0.05) is 23.9 Å². The summed E-state index contributed by atoms with van der Waals surface area (Å²) in [4.78, 5) is 17.3. The minimum Gasteiger partial charge on any atom is -0.275 e. The smallest absolute Gasteiger partial charge is 0.246 e. The number of rotatable bonds is 5. The molecule has 0 radical (unpaired) electrons. The van der Waals surface area contributed by atoms with E-state index in [0.717, 1.165) is 15.6 Å². The zero-order valence-corrected chi connectivity index (χ0v) is 14.6. The molecule has 2 rings (SSSR count). The van der Waals surface area contributed by atoms with Gasteiger partial charge in [-0.25, -0.2) is 5.06 Å². The molecule has 2 aromatic carbocycles. The van der Waals surface area contributed by atoms with E-state index in [1.807, 2.05) is 12.1 Å². The molecule has 116 valence electrons. The van der Waals surface area contributed by atoms with Crippen LogP contribution in [0.15, 0.2) is 53.0 Å². The van der Waals surface area contributed by atoms with Gasteiger partial charge in [0.15, 0.2) is 0 Å². The number of benzene rings is 2. The molecule has 1 atom stereocenters. The molecule has 0 aromatic heterocycles. The Bertz CT molecular complexity index is 577. The van der Waals surface area contributed by atoms with Gasteiger partial charge in [-0.1, -0.05) is 57.9 Å². The molecule has 3 nitrogen and oxygen atoms in total. The third kappa shape index (κ3) is 4.18. The van der Waals surface area contributed by atoms with Gasteiger partial charge in [-0.15, -0.1) is 0 Å². The van der Waals surface area contributed by atoms with Crippen LogP contribution in [0.1, 0.15) is 29.0 Å². The first-order valence-corrected chi connectivity index (χ1v) is 7.93. The van der Waals surface area contributed by atoms with E-state index in [0.29, 0.717) is 6.42 Å². The third-order valence-electron chi connectivity index (χ3n) is 3.76. The van der Waals surface area contributed by atoms with E-state index in [9.17, 15) is 4.79 Å². The molecular formula is C18H20BrNO2. The van der Waals surface area contributed by atoms with Crippen LogP contribution in [0.4, 0.5) is 0 Å². The molecule has 0 aliphatic carbocycles. The predicted octanol–water partition coefficient (Wildman–Crippen LogP) is 4.30. The number of carbonyl (C=O) groups is 1. The van der Waals surface area contributed by atoms with Crippen molar-refractivity contribution >= 4 is 21.8 Å². The lowest BCUT2D eigenvalue weighted by Crippen LogP contribution is -2.27. The standard InChI is InChI=1S/C18H20BrNO2/c1-13-4-6-14(7-5-13)17(12-18(21)20(2)22-3)15-8-10-16(19)11-9-15/h4-11,17H,12H2,1-3H3/t17-/m0/s1. The van der Waals surface area contributed by atoms with Crippen molar-refractivity contribution in [2.75, 3.05) is 14.2 Å². The SMILES string of the molecule is CON(C)C(=O)C[C@@H](c1ccc(C)cc1)c1ccc(Br)cc1. The largest absolute Gasteiger partial charge is 0.275 e. The molecule has 0 saturated heterocycles. The molecule has 0 unspecified atom stereocenters. The van der Waals surface area contributed by atoms with Crippen LogP contribution in [0, 0.1) is 6.92 Å². The second-order valence-corrected chi connectivity index (χ2v) is 6.21. The maximum Gasteiger partial charge on any atom is 0.246 e. The number of carbonyl (C=O) groups excluding carboxylic acids is 1. The van der Waals surface area contributed by atoms with Crippen LogP contribution in [0.2, 0.25) is 0 Å². The highest BCUT2D eigenvalue weighted by Crippen LogP contribution is 2.30. The van der Waals surface area contributed by atoms with Crippen molar-refractivity contribution in [1.29, 1.82) is 0 Å². The fourth-order valence-electron chi connectivity index (χ4n) is 2.33. The van der Waals surface area contributed by atoms with Crippen LogP contribution in [0.25, 0.3) is 0 Å². The summed E-state index contributed by atoms with van der Waals surface area (Å²) in [5, 5.41) is 1.28. The molecule has 0 aliphatic heterocycles. The number of hydrogen-bond donors (Lipinski definition) is 0. The van der Waals surface area contributed by atoms with Gasteiger partial charge < -0.3 is 0 Å². The number of amides is 1. The van der Waals surface area contributed by atoms with E-state index in [4.69, 9.17) is 4.84 Å². The number of nitrogens with zero attached hydrogens (tertiary/aromatic N) is 1. The fourth-order valence-corrected chi connectivity index (χ4v) is 2.59. The van der Waals surface area contributed by atoms with Crippen molar-refractivity contribution in [2.24, 2.45) is 0 Å². The summed E-state index contributed by atoms with van der Waals surface area (Å²) in [7, 11) is 3.13. The van der Waals surface area contributed by atoms with Crippen LogP contribution in [-0.4, -0.2) is 25.1 Å². The minimum absolute atomic E-state index is 0.0128. The van der Waals surface area contributed by atoms with Crippen molar-refractivity contribution in [1.82, 2.24) is 5.06 Å². The Labute approximate surface area is 140 Å². The average molecular weight is 362 g/mol. The van der Waals surface area contributed by atoms with E-state index in [1.54, 1.807) is 7.05 Å². The highest BCUT2D eigenvalue weighted by Gasteiger charge is 2.20. The van der Waals surface area contributed by atoms with Gasteiger partial charge in [0.25, 0.3) is 0 Å². The third-order valence-corrected chi connectivity index (χ3v) is 4.28. The first-order valence-electron chi connectivity index (χ1n) is 7.14. The Balaban J connectivity index is 2.33. The van der Waals surface area contributed by atoms with E-state index in [1.165, 1.54) is 17.7 Å². The van der Waals surface area contributed by atoms with E-state index in [2.05, 4.69) is 59.3 Å². The molecule has 1 amide bonds. The quantitative estimate of drug-likeness (QED) is 0.743. The molecule has 0 bridgehead atoms. The lowest BCUT2D eigenvalue weighted by Gasteiger charge is -2.21. The van der Waals surface area contributed by atoms with Crippen molar-refractivity contribution in [3.63, 3.8) is 0 Å². The Morgan fingerprint density at radius 2 is 1.59 bits per heavy atom. The van der Waals surface area contributed by atoms with Crippen molar-refractivity contribution in [2.45, 2.75) is 19.3 Å². The van der Waals surface area contributed by atoms with Gasteiger partial charge in [-0.2, -0.15) is 0 Å². The van der Waals surface area contributed by atoms with Crippen LogP contribution in [-0.2, 0) is 9.63 Å². The van der Waals surface area contributed by atoms with Crippen LogP contribution in [0.5, 0.6) is 0 Å². The number of halogens is 1. The van der Waals surface area contributed by atoms with Crippen molar-refractivity contribution in [3.05, 3.63) is 69.7 Å². The summed E-state index contributed by atoms with van der Waals surface area (Å²) in [5.41, 5.74) is 3.45. The van der Waals surface area contributed by atoms with E-state index < -0.39 is 0 Å². The topological polar surface area (TPSA) is 29.5 Å². The summed E-state index contributed by atoms with van der Waals surface area (Å²) >= 11 is 3.45. The Morgan fingerprint density at radius 1 is 1.09 bits per heavy atom. The molecule has 0 aliphatic rings. The Morgan fingerprint density at radius 3 is 2.09 bits per heavy atom. The first kappa shape index (κ1) is 16.7. The molecule has 0 saturated carbocycles. The van der Waals surface area contributed by atoms with Crippen LogP contribution in [0.3, 0.4) is 0 Å². The van der Waals surface area contributed by atoms with Crippen LogP contribution >= 0.6 is 15.9 Å². The van der Waals surface area contributed by atoms with Crippen molar-refractivity contribution in [3.8, 4) is 0 Å². The maximum atomic E-state index is 12.3. The predicted molar refractivity (Wildman–Crippen MR) is 91.6 cm³/mol. The lowest BCUT2D eigenvalue weighted by atomic mass is 9.88. The first-order chi connectivity index (χ1) is 10.5. The molecule has 2 aromatic rings. The number of hydroxylamine groups is 2. The van der Waals surface area contributed by atoms with Crippen molar-refractivity contribution < 1.29 is 9.63 Å². The molecule has 22 heavy (non-hydrogen) atoms. The van der Waals surface area contributed by atoms with Gasteiger partial charge in [-0.05, 0) is 30.2 Å². The zero-order chi connectivity index (χ0) is 16.1. The summed E-state index contributed by atoms with van der Waals surface area (Å²) in [6.07, 6.45) is 0.370. The molecular weight excluding hydrogens is 342 g/mol. The molecule has 0 N–H and O–H groups in total. The summed E-state index contributed by atoms with van der Waals surface area (Å²) in [6.45, 7) is 2.06. The molecule has 0 spiro atoms. The van der Waals surface area contributed by atoms with Gasteiger partial charge in [-0.3, -0.25) is 9.63 Å². The summed E-state index contributed by atoms with van der Waals surface area (Å²) in [5.74, 6) is -0.0326. The number of hydrogen-bond acceptors (Lipinski definition) is 2. The monoisotopic (exact) mass is 361 g/mol. The second-order valence-electron chi connectivity index (χ2n) is 5.29. The van der Waals surface area contributed by atoms with Gasteiger partial charge in [0.2, 0.25) is 5.91 Å². The zero-order valence-electron chi connectivity index (χ0n) is 13.0. The van der Waals surface area contributed by atoms with Gasteiger partial charge in [0.1, 0.15) is 0 Å². The highest BCUT2D eigenvalue weighted by atomic mass is 79.9. The summed E-state index contributed by atoms with van der Waals surface area (Å²) < 4.78 is 1.03. The average Bonchev–Trinajstić information content (AvgIpc) is 2.53. The Kier molecular flexibility index (Phi) is 5.75. The Hall–Kier alpha value is -1.65. The summed E-state index contributed by atoms with van der Waals surface area (Å²) in [6, 6.07) is 16.4. The van der Waals surface area contributed by atoms with E-state index in [-0.39, 0.29) is 11.8 Å². The number of aryl methyl sites for hydroxylation is 1. The van der Waals surface area contributed by atoms with Crippen LogP contribution < -0.4 is 0 Å². The van der Waals surface area contributed by atoms with Gasteiger partial charge in [0.05, 0.1) is 7.11 Å². The fraction of sp³-hybridized carbons (Fsp3) is 0.278. The maximum absolute atomic E-state index is 12.3. The highest BCUT2D eigenvalue weighted by molar-refractivity contribution is 9.10. The molecule has 0 heterocycles. The second kappa shape index (κ2) is 7.56. The van der Waals surface area contributed by atoms with Gasteiger partial charge >= 0.3 is 0 Å². The normalized spacial score (nSPS) is 12.0. The molecule has 4 heteroatoms. The molecule has 0 fully saturated rings. The minimum atomic E-state index is -0.0454. The lowest BCUT2D eigenvalue weighted by molar-refractivity contribution is -0.168. The van der Waals surface area contributed by atoms with E-state index >= 15 is 0 Å².